The molecule has 1 fully saturated rings. The van der Waals surface area contributed by atoms with Crippen molar-refractivity contribution in [2.24, 2.45) is 5.92 Å². The van der Waals surface area contributed by atoms with Gasteiger partial charge in [-0.15, -0.1) is 0 Å². The Bertz CT molecular complexity index is 201. The first-order chi connectivity index (χ1) is 8.67. The molecule has 0 spiro atoms. The van der Waals surface area contributed by atoms with Gasteiger partial charge in [0.25, 0.3) is 0 Å². The molecule has 3 nitrogen and oxygen atoms in total. The van der Waals surface area contributed by atoms with Crippen LogP contribution < -0.4 is 5.32 Å². The number of likely N-dealkylation sites (tertiary alicyclic amines) is 1. The Balaban J connectivity index is 2.28. The lowest BCUT2D eigenvalue weighted by Gasteiger charge is -2.35. The van der Waals surface area contributed by atoms with Gasteiger partial charge in [-0.2, -0.15) is 0 Å². The Morgan fingerprint density at radius 1 is 1.22 bits per heavy atom. The highest BCUT2D eigenvalue weighted by Gasteiger charge is 2.22. The number of hydrogen-bond donors (Lipinski definition) is 1. The highest BCUT2D eigenvalue weighted by atomic mass is 16.5. The minimum atomic E-state index is 0.507. The largest absolute Gasteiger partial charge is 0.378 e. The Hall–Kier alpha value is -0.120. The van der Waals surface area contributed by atoms with E-state index in [9.17, 15) is 0 Å². The molecule has 108 valence electrons. The lowest BCUT2D eigenvalue weighted by Crippen LogP contribution is -2.47. The van der Waals surface area contributed by atoms with Gasteiger partial charge in [-0.25, -0.2) is 0 Å². The minimum Gasteiger partial charge on any atom is -0.378 e. The first-order valence-electron chi connectivity index (χ1n) is 7.74. The van der Waals surface area contributed by atoms with E-state index in [1.807, 2.05) is 0 Å². The van der Waals surface area contributed by atoms with Crippen LogP contribution in [0.15, 0.2) is 0 Å². The van der Waals surface area contributed by atoms with Gasteiger partial charge in [0.2, 0.25) is 0 Å². The lowest BCUT2D eigenvalue weighted by molar-refractivity contribution is 0.0113. The van der Waals surface area contributed by atoms with Crippen LogP contribution in [0.3, 0.4) is 0 Å². The Kier molecular flexibility index (Phi) is 7.87. The fraction of sp³-hybridized carbons (Fsp3) is 1.00. The molecule has 0 amide bonds. The summed E-state index contributed by atoms with van der Waals surface area (Å²) in [5.41, 5.74) is 0. The van der Waals surface area contributed by atoms with Crippen molar-refractivity contribution in [2.75, 3.05) is 32.8 Å². The van der Waals surface area contributed by atoms with Crippen molar-refractivity contribution >= 4 is 0 Å². The second-order valence-corrected chi connectivity index (χ2v) is 5.76. The molecule has 1 rings (SSSR count). The zero-order valence-electron chi connectivity index (χ0n) is 12.7. The fourth-order valence-corrected chi connectivity index (χ4v) is 2.61. The Labute approximate surface area is 113 Å². The van der Waals surface area contributed by atoms with E-state index in [1.165, 1.54) is 38.9 Å². The highest BCUT2D eigenvalue weighted by Crippen LogP contribution is 2.15. The monoisotopic (exact) mass is 256 g/mol. The van der Waals surface area contributed by atoms with E-state index in [-0.39, 0.29) is 0 Å². The van der Waals surface area contributed by atoms with Crippen molar-refractivity contribution in [3.8, 4) is 0 Å². The average Bonchev–Trinajstić information content (AvgIpc) is 2.36. The number of hydrogen-bond acceptors (Lipinski definition) is 3. The molecule has 0 radical (unpaired) electrons. The van der Waals surface area contributed by atoms with Gasteiger partial charge < -0.3 is 15.0 Å². The van der Waals surface area contributed by atoms with Crippen molar-refractivity contribution in [3.05, 3.63) is 0 Å². The predicted molar refractivity (Wildman–Crippen MR) is 78.0 cm³/mol. The first kappa shape index (κ1) is 15.9. The van der Waals surface area contributed by atoms with Crippen LogP contribution in [0.5, 0.6) is 0 Å². The van der Waals surface area contributed by atoms with Crippen molar-refractivity contribution < 1.29 is 4.74 Å². The van der Waals surface area contributed by atoms with Crippen LogP contribution in [0, 0.1) is 5.92 Å². The van der Waals surface area contributed by atoms with E-state index in [0.29, 0.717) is 18.1 Å². The summed E-state index contributed by atoms with van der Waals surface area (Å²) < 4.78 is 5.71. The lowest BCUT2D eigenvalue weighted by atomic mass is 10.0. The SMILES string of the molecule is CCCNC(CN1CCC(OCC)CC1)C(C)C. The van der Waals surface area contributed by atoms with Gasteiger partial charge >= 0.3 is 0 Å². The van der Waals surface area contributed by atoms with Crippen molar-refractivity contribution in [1.82, 2.24) is 10.2 Å². The maximum atomic E-state index is 5.71. The maximum Gasteiger partial charge on any atom is 0.0599 e. The summed E-state index contributed by atoms with van der Waals surface area (Å²) in [7, 11) is 0. The summed E-state index contributed by atoms with van der Waals surface area (Å²) in [5.74, 6) is 0.709. The van der Waals surface area contributed by atoms with Crippen molar-refractivity contribution in [3.63, 3.8) is 0 Å². The summed E-state index contributed by atoms with van der Waals surface area (Å²) in [5, 5.41) is 3.68. The Morgan fingerprint density at radius 3 is 2.39 bits per heavy atom. The average molecular weight is 256 g/mol. The van der Waals surface area contributed by atoms with Crippen LogP contribution >= 0.6 is 0 Å². The summed E-state index contributed by atoms with van der Waals surface area (Å²) in [6.07, 6.45) is 4.13. The third kappa shape index (κ3) is 5.68. The standard InChI is InChI=1S/C15H32N2O/c1-5-9-16-15(13(3)4)12-17-10-7-14(8-11-17)18-6-2/h13-16H,5-12H2,1-4H3. The van der Waals surface area contributed by atoms with Crippen molar-refractivity contribution in [1.29, 1.82) is 0 Å². The molecular weight excluding hydrogens is 224 g/mol. The van der Waals surface area contributed by atoms with Crippen LogP contribution in [0.1, 0.15) is 47.0 Å². The molecule has 1 aliphatic rings. The van der Waals surface area contributed by atoms with Gasteiger partial charge in [0.1, 0.15) is 0 Å². The maximum absolute atomic E-state index is 5.71. The van der Waals surface area contributed by atoms with Crippen LogP contribution in [0.2, 0.25) is 0 Å². The smallest absolute Gasteiger partial charge is 0.0599 e. The second kappa shape index (κ2) is 8.89. The third-order valence-corrected chi connectivity index (χ3v) is 3.85. The molecule has 3 heteroatoms. The van der Waals surface area contributed by atoms with Gasteiger partial charge in [-0.3, -0.25) is 0 Å². The van der Waals surface area contributed by atoms with Gasteiger partial charge in [-0.1, -0.05) is 20.8 Å². The topological polar surface area (TPSA) is 24.5 Å². The molecule has 0 aromatic rings. The summed E-state index contributed by atoms with van der Waals surface area (Å²) in [6, 6.07) is 0.633. The third-order valence-electron chi connectivity index (χ3n) is 3.85. The van der Waals surface area contributed by atoms with E-state index in [2.05, 4.69) is 37.9 Å². The van der Waals surface area contributed by atoms with E-state index >= 15 is 0 Å². The summed E-state index contributed by atoms with van der Waals surface area (Å²) in [6.45, 7) is 14.5. The fourth-order valence-electron chi connectivity index (χ4n) is 2.61. The number of ether oxygens (including phenoxy) is 1. The minimum absolute atomic E-state index is 0.507. The van der Waals surface area contributed by atoms with Crippen molar-refractivity contribution in [2.45, 2.75) is 59.1 Å². The quantitative estimate of drug-likeness (QED) is 0.722. The molecule has 1 atom stereocenters. The molecule has 0 aromatic carbocycles. The Morgan fingerprint density at radius 2 is 1.89 bits per heavy atom. The zero-order chi connectivity index (χ0) is 13.4. The van der Waals surface area contributed by atoms with Crippen LogP contribution in [0.4, 0.5) is 0 Å². The first-order valence-corrected chi connectivity index (χ1v) is 7.74. The van der Waals surface area contributed by atoms with E-state index in [0.717, 1.165) is 13.2 Å². The molecule has 1 aliphatic heterocycles. The zero-order valence-corrected chi connectivity index (χ0v) is 12.7. The van der Waals surface area contributed by atoms with E-state index in [1.54, 1.807) is 0 Å². The van der Waals surface area contributed by atoms with Crippen LogP contribution in [-0.2, 0) is 4.74 Å². The summed E-state index contributed by atoms with van der Waals surface area (Å²) in [4.78, 5) is 2.60. The number of piperidine rings is 1. The molecule has 1 unspecified atom stereocenters. The van der Waals surface area contributed by atoms with Crippen LogP contribution in [0.25, 0.3) is 0 Å². The molecule has 0 saturated carbocycles. The molecule has 0 aliphatic carbocycles. The van der Waals surface area contributed by atoms with E-state index in [4.69, 9.17) is 4.74 Å². The van der Waals surface area contributed by atoms with Gasteiger partial charge in [0.15, 0.2) is 0 Å². The van der Waals surface area contributed by atoms with Crippen LogP contribution in [-0.4, -0.2) is 49.8 Å². The molecule has 0 bridgehead atoms. The molecule has 1 saturated heterocycles. The molecular formula is C15H32N2O. The number of rotatable bonds is 8. The summed E-state index contributed by atoms with van der Waals surface area (Å²) >= 11 is 0. The normalized spacial score (nSPS) is 20.5. The predicted octanol–water partition coefficient (Wildman–Crippen LogP) is 2.51. The number of nitrogens with zero attached hydrogens (tertiary/aromatic N) is 1. The molecule has 18 heavy (non-hydrogen) atoms. The molecule has 1 heterocycles. The number of nitrogens with one attached hydrogen (secondary N) is 1. The molecule has 0 aromatic heterocycles. The second-order valence-electron chi connectivity index (χ2n) is 5.76. The van der Waals surface area contributed by atoms with Gasteiger partial charge in [0, 0.05) is 32.3 Å². The van der Waals surface area contributed by atoms with Gasteiger partial charge in [-0.05, 0) is 38.6 Å². The van der Waals surface area contributed by atoms with E-state index < -0.39 is 0 Å². The van der Waals surface area contributed by atoms with Gasteiger partial charge in [0.05, 0.1) is 6.10 Å². The highest BCUT2D eigenvalue weighted by molar-refractivity contribution is 4.79. The molecule has 1 N–H and O–H groups in total.